The fraction of sp³-hybridized carbons (Fsp3) is 0.231. The summed E-state index contributed by atoms with van der Waals surface area (Å²) in [5.74, 6) is 0. The lowest BCUT2D eigenvalue weighted by atomic mass is 10.1. The van der Waals surface area contributed by atoms with Crippen LogP contribution in [0.1, 0.15) is 11.3 Å². The van der Waals surface area contributed by atoms with Gasteiger partial charge in [0.1, 0.15) is 11.2 Å². The zero-order chi connectivity index (χ0) is 11.2. The van der Waals surface area contributed by atoms with Crippen molar-refractivity contribution in [1.29, 1.82) is 0 Å². The standard InChI is InChI=1S/C13H12N4/c1-2-6-17-12(3-1)15-11-7-9-8-14-5-4-10(9)16-13(11)17/h1-3,6-7,14H,4-5,8H2. The summed E-state index contributed by atoms with van der Waals surface area (Å²) in [4.78, 5) is 9.36. The summed E-state index contributed by atoms with van der Waals surface area (Å²) < 4.78 is 2.05. The molecule has 0 fully saturated rings. The van der Waals surface area contributed by atoms with Crippen molar-refractivity contribution in [3.05, 3.63) is 41.7 Å². The van der Waals surface area contributed by atoms with Crippen LogP contribution in [0.4, 0.5) is 0 Å². The average Bonchev–Trinajstić information content (AvgIpc) is 2.73. The summed E-state index contributed by atoms with van der Waals surface area (Å²) in [6.07, 6.45) is 3.02. The molecule has 4 heteroatoms. The molecule has 0 unspecified atom stereocenters. The Balaban J connectivity index is 2.12. The predicted octanol–water partition coefficient (Wildman–Crippen LogP) is 1.53. The maximum Gasteiger partial charge on any atom is 0.164 e. The Hall–Kier alpha value is -1.94. The number of fused-ring (bicyclic) bond motifs is 4. The molecule has 0 aliphatic carbocycles. The number of rotatable bonds is 0. The molecule has 17 heavy (non-hydrogen) atoms. The second-order valence-electron chi connectivity index (χ2n) is 4.40. The molecule has 0 spiro atoms. The van der Waals surface area contributed by atoms with Gasteiger partial charge in [0.25, 0.3) is 0 Å². The van der Waals surface area contributed by atoms with Crippen molar-refractivity contribution >= 4 is 16.8 Å². The van der Waals surface area contributed by atoms with E-state index >= 15 is 0 Å². The monoisotopic (exact) mass is 224 g/mol. The van der Waals surface area contributed by atoms with Crippen LogP contribution in [0.15, 0.2) is 30.5 Å². The molecule has 4 heterocycles. The summed E-state index contributed by atoms with van der Waals surface area (Å²) in [7, 11) is 0. The molecule has 3 aromatic rings. The molecule has 4 rings (SSSR count). The third-order valence-corrected chi connectivity index (χ3v) is 3.31. The second-order valence-corrected chi connectivity index (χ2v) is 4.40. The van der Waals surface area contributed by atoms with E-state index in [1.807, 2.05) is 24.4 Å². The molecule has 1 N–H and O–H groups in total. The Morgan fingerprint density at radius 1 is 1.24 bits per heavy atom. The van der Waals surface area contributed by atoms with E-state index in [0.29, 0.717) is 0 Å². The predicted molar refractivity (Wildman–Crippen MR) is 65.9 cm³/mol. The molecule has 4 nitrogen and oxygen atoms in total. The highest BCUT2D eigenvalue weighted by Crippen LogP contribution is 2.20. The zero-order valence-corrected chi connectivity index (χ0v) is 9.35. The molecular weight excluding hydrogens is 212 g/mol. The van der Waals surface area contributed by atoms with Crippen LogP contribution in [0.25, 0.3) is 16.8 Å². The summed E-state index contributed by atoms with van der Waals surface area (Å²) in [6, 6.07) is 8.19. The number of hydrogen-bond acceptors (Lipinski definition) is 3. The van der Waals surface area contributed by atoms with E-state index in [2.05, 4.69) is 20.8 Å². The number of nitrogens with zero attached hydrogens (tertiary/aromatic N) is 3. The molecule has 84 valence electrons. The van der Waals surface area contributed by atoms with E-state index in [4.69, 9.17) is 4.98 Å². The second kappa shape index (κ2) is 3.28. The first kappa shape index (κ1) is 9.13. The van der Waals surface area contributed by atoms with Crippen LogP contribution in [-0.2, 0) is 13.0 Å². The van der Waals surface area contributed by atoms with E-state index in [9.17, 15) is 0 Å². The van der Waals surface area contributed by atoms with Gasteiger partial charge < -0.3 is 5.32 Å². The lowest BCUT2D eigenvalue weighted by Gasteiger charge is -2.15. The van der Waals surface area contributed by atoms with Gasteiger partial charge in [0, 0.05) is 31.4 Å². The maximum atomic E-state index is 4.76. The number of pyridine rings is 2. The topological polar surface area (TPSA) is 42.2 Å². The molecule has 3 aromatic heterocycles. The van der Waals surface area contributed by atoms with Gasteiger partial charge in [-0.25, -0.2) is 9.97 Å². The number of imidazole rings is 1. The van der Waals surface area contributed by atoms with Gasteiger partial charge in [-0.1, -0.05) is 6.07 Å². The maximum absolute atomic E-state index is 4.76. The van der Waals surface area contributed by atoms with Crippen LogP contribution in [0, 0.1) is 0 Å². The van der Waals surface area contributed by atoms with E-state index in [1.54, 1.807) is 0 Å². The van der Waals surface area contributed by atoms with Crippen molar-refractivity contribution < 1.29 is 0 Å². The first-order valence-electron chi connectivity index (χ1n) is 5.88. The highest BCUT2D eigenvalue weighted by atomic mass is 15.1. The number of hydrogen-bond donors (Lipinski definition) is 1. The normalized spacial score (nSPS) is 15.3. The van der Waals surface area contributed by atoms with Gasteiger partial charge >= 0.3 is 0 Å². The van der Waals surface area contributed by atoms with Gasteiger partial charge in [0.15, 0.2) is 5.65 Å². The van der Waals surface area contributed by atoms with Crippen molar-refractivity contribution in [2.24, 2.45) is 0 Å². The minimum atomic E-state index is 0.909. The van der Waals surface area contributed by atoms with E-state index in [1.165, 1.54) is 11.3 Å². The summed E-state index contributed by atoms with van der Waals surface area (Å²) in [5.41, 5.74) is 5.42. The number of nitrogens with one attached hydrogen (secondary N) is 1. The van der Waals surface area contributed by atoms with Crippen molar-refractivity contribution in [1.82, 2.24) is 19.7 Å². The third kappa shape index (κ3) is 1.27. The van der Waals surface area contributed by atoms with Crippen molar-refractivity contribution in [3.8, 4) is 0 Å². The van der Waals surface area contributed by atoms with E-state index in [-0.39, 0.29) is 0 Å². The van der Waals surface area contributed by atoms with E-state index < -0.39 is 0 Å². The summed E-state index contributed by atoms with van der Waals surface area (Å²) in [5, 5.41) is 3.36. The first-order valence-corrected chi connectivity index (χ1v) is 5.88. The molecule has 0 aromatic carbocycles. The van der Waals surface area contributed by atoms with Crippen LogP contribution in [0.2, 0.25) is 0 Å². The van der Waals surface area contributed by atoms with Crippen molar-refractivity contribution in [2.45, 2.75) is 13.0 Å². The summed E-state index contributed by atoms with van der Waals surface area (Å²) in [6.45, 7) is 1.92. The quantitative estimate of drug-likeness (QED) is 0.629. The van der Waals surface area contributed by atoms with Gasteiger partial charge in [-0.2, -0.15) is 0 Å². The Labute approximate surface area is 98.3 Å². The highest BCUT2D eigenvalue weighted by molar-refractivity contribution is 5.77. The lowest BCUT2D eigenvalue weighted by molar-refractivity contribution is 0.632. The van der Waals surface area contributed by atoms with Gasteiger partial charge in [-0.15, -0.1) is 0 Å². The molecule has 0 atom stereocenters. The van der Waals surface area contributed by atoms with Crippen molar-refractivity contribution in [2.75, 3.05) is 6.54 Å². The molecule has 0 saturated carbocycles. The molecule has 0 bridgehead atoms. The van der Waals surface area contributed by atoms with Crippen LogP contribution in [0.5, 0.6) is 0 Å². The van der Waals surface area contributed by atoms with Gasteiger partial charge in [-0.3, -0.25) is 4.40 Å². The summed E-state index contributed by atoms with van der Waals surface area (Å²) >= 11 is 0. The van der Waals surface area contributed by atoms with Crippen LogP contribution in [0.3, 0.4) is 0 Å². The number of aromatic nitrogens is 3. The van der Waals surface area contributed by atoms with Crippen LogP contribution in [-0.4, -0.2) is 20.9 Å². The van der Waals surface area contributed by atoms with Crippen LogP contribution >= 0.6 is 0 Å². The molecule has 1 aliphatic heterocycles. The Kier molecular flexibility index (Phi) is 1.76. The molecule has 0 saturated heterocycles. The van der Waals surface area contributed by atoms with Gasteiger partial charge in [-0.05, 0) is 23.8 Å². The zero-order valence-electron chi connectivity index (χ0n) is 9.35. The third-order valence-electron chi connectivity index (χ3n) is 3.31. The largest absolute Gasteiger partial charge is 0.312 e. The minimum Gasteiger partial charge on any atom is -0.312 e. The lowest BCUT2D eigenvalue weighted by Crippen LogP contribution is -2.24. The smallest absolute Gasteiger partial charge is 0.164 e. The molecule has 1 aliphatic rings. The SMILES string of the molecule is c1ccn2c(c1)nc1cc3c(nc12)CCNC3. The average molecular weight is 224 g/mol. The molecule has 0 amide bonds. The highest BCUT2D eigenvalue weighted by Gasteiger charge is 2.14. The molecule has 0 radical (unpaired) electrons. The Bertz CT molecular complexity index is 714. The fourth-order valence-electron chi connectivity index (χ4n) is 2.46. The van der Waals surface area contributed by atoms with Crippen molar-refractivity contribution in [3.63, 3.8) is 0 Å². The molecular formula is C13H12N4. The first-order chi connectivity index (χ1) is 8.42. The Morgan fingerprint density at radius 3 is 3.24 bits per heavy atom. The van der Waals surface area contributed by atoms with Gasteiger partial charge in [0.05, 0.1) is 0 Å². The van der Waals surface area contributed by atoms with E-state index in [0.717, 1.165) is 36.3 Å². The van der Waals surface area contributed by atoms with Gasteiger partial charge in [0.2, 0.25) is 0 Å². The fourth-order valence-corrected chi connectivity index (χ4v) is 2.46. The van der Waals surface area contributed by atoms with Crippen LogP contribution < -0.4 is 5.32 Å². The Morgan fingerprint density at radius 2 is 2.24 bits per heavy atom. The minimum absolute atomic E-state index is 0.909.